The highest BCUT2D eigenvalue weighted by Crippen LogP contribution is 2.29. The minimum absolute atomic E-state index is 0.100. The molecule has 0 atom stereocenters. The molecule has 3 heterocycles. The van der Waals surface area contributed by atoms with Gasteiger partial charge in [-0.3, -0.25) is 9.42 Å². The minimum atomic E-state index is -4.25. The molecule has 1 saturated heterocycles. The van der Waals surface area contributed by atoms with Gasteiger partial charge in [0.25, 0.3) is 15.7 Å². The van der Waals surface area contributed by atoms with Crippen molar-refractivity contribution >= 4 is 39.2 Å². The van der Waals surface area contributed by atoms with Crippen LogP contribution in [0.4, 0.5) is 0 Å². The van der Waals surface area contributed by atoms with Gasteiger partial charge in [-0.15, -0.1) is 0 Å². The van der Waals surface area contributed by atoms with Crippen LogP contribution >= 0.6 is 0 Å². The zero-order valence-corrected chi connectivity index (χ0v) is 24.5. The number of nitrogens with zero attached hydrogens (tertiary/aromatic N) is 4. The third-order valence-corrected chi connectivity index (χ3v) is 9.16. The van der Waals surface area contributed by atoms with E-state index >= 15 is 0 Å². The fourth-order valence-electron chi connectivity index (χ4n) is 5.02. The zero-order valence-electron chi connectivity index (χ0n) is 23.7. The molecule has 3 aromatic carbocycles. The normalized spacial score (nSPS) is 14.0. The predicted octanol–water partition coefficient (Wildman–Crippen LogP) is 1.63. The highest BCUT2D eigenvalue weighted by atomic mass is 32.2. The molecule has 5 aromatic rings. The number of carbonyl (C=O) groups is 1. The number of piperidine rings is 1. The summed E-state index contributed by atoms with van der Waals surface area (Å²) in [6, 6.07) is 23.0. The van der Waals surface area contributed by atoms with Crippen molar-refractivity contribution in [2.75, 3.05) is 13.1 Å². The Balaban J connectivity index is 1.12. The van der Waals surface area contributed by atoms with Gasteiger partial charge in [-0.25, -0.2) is 13.4 Å². The maximum atomic E-state index is 13.4. The number of fused-ring (bicyclic) bond motifs is 1. The fourth-order valence-corrected chi connectivity index (χ4v) is 6.31. The van der Waals surface area contributed by atoms with E-state index in [4.69, 9.17) is 9.47 Å². The molecule has 15 heteroatoms. The molecule has 1 aliphatic heterocycles. The standard InChI is InChI=1S/C30H27BN4O9S/c36-29(25-14-11-21-5-4-8-26(27(21)32-25)42-19-20-9-12-22(13-10-20)31(37)38)34-17-15-23(16-18-34)43-28-30(35(39)44-33-28)45(40,41)24-6-2-1-3-7-24/h1-14,23,37-38H,15-19H2. The van der Waals surface area contributed by atoms with Crippen LogP contribution in [0.25, 0.3) is 10.9 Å². The molecule has 1 fully saturated rings. The van der Waals surface area contributed by atoms with Crippen molar-refractivity contribution in [1.29, 1.82) is 0 Å². The molecule has 230 valence electrons. The number of hydrogen-bond donors (Lipinski definition) is 2. The molecule has 0 spiro atoms. The molecular weight excluding hydrogens is 603 g/mol. The average molecular weight is 630 g/mol. The topological polar surface area (TPSA) is 179 Å². The molecule has 2 N–H and O–H groups in total. The molecule has 0 aliphatic carbocycles. The summed E-state index contributed by atoms with van der Waals surface area (Å²) in [6.07, 6.45) is 0.204. The number of hydrogen-bond acceptors (Lipinski definition) is 11. The number of ether oxygens (including phenoxy) is 2. The first-order chi connectivity index (χ1) is 21.7. The van der Waals surface area contributed by atoms with Gasteiger partial charge in [0.05, 0.1) is 10.1 Å². The van der Waals surface area contributed by atoms with Gasteiger partial charge in [0.15, 0.2) is 0 Å². The SMILES string of the molecule is O=C(c1ccc2cccc(OCc3ccc(B(O)O)cc3)c2n1)N1CCC(Oc2no[n+]([O-])c2S(=O)(=O)c2ccccc2)CC1. The lowest BCUT2D eigenvalue weighted by molar-refractivity contribution is -0.832. The number of benzene rings is 3. The first-order valence-corrected chi connectivity index (χ1v) is 15.5. The second kappa shape index (κ2) is 12.6. The number of carbonyl (C=O) groups excluding carboxylic acids is 1. The summed E-state index contributed by atoms with van der Waals surface area (Å²) in [5.41, 5.74) is 1.94. The van der Waals surface area contributed by atoms with Crippen LogP contribution in [0.1, 0.15) is 28.9 Å². The van der Waals surface area contributed by atoms with Gasteiger partial charge < -0.3 is 29.6 Å². The molecule has 6 rings (SSSR count). The monoisotopic (exact) mass is 630 g/mol. The van der Waals surface area contributed by atoms with E-state index in [-0.39, 0.29) is 28.0 Å². The molecule has 0 radical (unpaired) electrons. The van der Waals surface area contributed by atoms with Gasteiger partial charge in [0.2, 0.25) is 0 Å². The van der Waals surface area contributed by atoms with Gasteiger partial charge in [-0.2, -0.15) is 0 Å². The Morgan fingerprint density at radius 1 is 1.00 bits per heavy atom. The predicted molar refractivity (Wildman–Crippen MR) is 159 cm³/mol. The maximum Gasteiger partial charge on any atom is 0.488 e. The summed E-state index contributed by atoms with van der Waals surface area (Å²) in [5, 5.41) is 34.4. The summed E-state index contributed by atoms with van der Waals surface area (Å²) < 4.78 is 42.5. The van der Waals surface area contributed by atoms with Crippen molar-refractivity contribution < 1.29 is 42.3 Å². The largest absolute Gasteiger partial charge is 0.488 e. The highest BCUT2D eigenvalue weighted by Gasteiger charge is 2.38. The Bertz CT molecular complexity index is 1930. The third kappa shape index (κ3) is 6.31. The van der Waals surface area contributed by atoms with Crippen LogP contribution in [-0.2, 0) is 16.4 Å². The Labute approximate surface area is 257 Å². The Morgan fingerprint density at radius 3 is 2.44 bits per heavy atom. The number of rotatable bonds is 9. The number of para-hydroxylation sites is 1. The molecule has 0 saturated carbocycles. The molecule has 1 amide bonds. The lowest BCUT2D eigenvalue weighted by atomic mass is 9.80. The van der Waals surface area contributed by atoms with Crippen molar-refractivity contribution in [3.05, 3.63) is 101 Å². The van der Waals surface area contributed by atoms with Gasteiger partial charge >= 0.3 is 18.0 Å². The van der Waals surface area contributed by atoms with Crippen LogP contribution in [0.3, 0.4) is 0 Å². The Hall–Kier alpha value is -4.99. The molecule has 2 aromatic heterocycles. The zero-order chi connectivity index (χ0) is 31.6. The molecule has 1 aliphatic rings. The molecular formula is C30H27BN4O9S. The van der Waals surface area contributed by atoms with Crippen molar-refractivity contribution in [1.82, 2.24) is 15.0 Å². The first kappa shape index (κ1) is 30.1. The van der Waals surface area contributed by atoms with Crippen molar-refractivity contribution in [2.24, 2.45) is 0 Å². The molecule has 45 heavy (non-hydrogen) atoms. The van der Waals surface area contributed by atoms with Crippen molar-refractivity contribution in [2.45, 2.75) is 35.5 Å². The minimum Gasteiger partial charge on any atom is -0.487 e. The van der Waals surface area contributed by atoms with Crippen LogP contribution in [-0.4, -0.2) is 65.7 Å². The molecule has 13 nitrogen and oxygen atoms in total. The van der Waals surface area contributed by atoms with E-state index in [1.807, 2.05) is 12.1 Å². The van der Waals surface area contributed by atoms with Crippen molar-refractivity contribution in [3.63, 3.8) is 0 Å². The first-order valence-electron chi connectivity index (χ1n) is 14.0. The summed E-state index contributed by atoms with van der Waals surface area (Å²) in [7, 11) is -5.80. The van der Waals surface area contributed by atoms with Gasteiger partial charge in [0.1, 0.15) is 29.7 Å². The van der Waals surface area contributed by atoms with E-state index in [2.05, 4.69) is 14.8 Å². The van der Waals surface area contributed by atoms with Crippen LogP contribution < -0.4 is 19.8 Å². The third-order valence-electron chi connectivity index (χ3n) is 7.44. The lowest BCUT2D eigenvalue weighted by Gasteiger charge is -2.31. The smallest absolute Gasteiger partial charge is 0.487 e. The Morgan fingerprint density at radius 2 is 1.73 bits per heavy atom. The summed E-state index contributed by atoms with van der Waals surface area (Å²) in [6.45, 7) is 0.812. The average Bonchev–Trinajstić information content (AvgIpc) is 3.44. The maximum absolute atomic E-state index is 13.4. The van der Waals surface area contributed by atoms with Crippen LogP contribution in [0.2, 0.25) is 0 Å². The van der Waals surface area contributed by atoms with E-state index in [0.717, 1.165) is 10.9 Å². The van der Waals surface area contributed by atoms with Crippen LogP contribution in [0, 0.1) is 5.21 Å². The van der Waals surface area contributed by atoms with Gasteiger partial charge in [-0.1, -0.05) is 60.7 Å². The molecule has 0 unspecified atom stereocenters. The van der Waals surface area contributed by atoms with Gasteiger partial charge in [0, 0.05) is 31.3 Å². The number of amides is 1. The number of sulfone groups is 1. The van der Waals surface area contributed by atoms with E-state index < -0.39 is 34.0 Å². The fraction of sp³-hybridized carbons (Fsp3) is 0.200. The summed E-state index contributed by atoms with van der Waals surface area (Å²) >= 11 is 0. The van der Waals surface area contributed by atoms with Crippen LogP contribution in [0.5, 0.6) is 11.6 Å². The van der Waals surface area contributed by atoms with E-state index in [1.54, 1.807) is 53.4 Å². The van der Waals surface area contributed by atoms with Crippen LogP contribution in [0.15, 0.2) is 99.5 Å². The number of likely N-dealkylation sites (tertiary alicyclic amines) is 1. The van der Waals surface area contributed by atoms with E-state index in [1.165, 1.54) is 24.3 Å². The van der Waals surface area contributed by atoms with E-state index in [9.17, 15) is 28.5 Å². The van der Waals surface area contributed by atoms with Gasteiger partial charge in [-0.05, 0) is 40.2 Å². The van der Waals surface area contributed by atoms with E-state index in [0.29, 0.717) is 42.7 Å². The Kier molecular flexibility index (Phi) is 8.39. The molecule has 0 bridgehead atoms. The highest BCUT2D eigenvalue weighted by molar-refractivity contribution is 7.91. The second-order valence-electron chi connectivity index (χ2n) is 10.4. The lowest BCUT2D eigenvalue weighted by Crippen LogP contribution is -2.42. The van der Waals surface area contributed by atoms with Crippen molar-refractivity contribution in [3.8, 4) is 11.6 Å². The quantitative estimate of drug-likeness (QED) is 0.179. The number of pyridine rings is 1. The second-order valence-corrected chi connectivity index (χ2v) is 12.3. The number of aromatic nitrogens is 3. The summed E-state index contributed by atoms with van der Waals surface area (Å²) in [4.78, 5) is 19.4. The summed E-state index contributed by atoms with van der Waals surface area (Å²) in [5.74, 6) is -0.219.